The Morgan fingerprint density at radius 2 is 1.88 bits per heavy atom. The maximum absolute atomic E-state index is 12.6. The molecule has 1 aromatic carbocycles. The van der Waals surface area contributed by atoms with Gasteiger partial charge in [-0.15, -0.1) is 0 Å². The highest BCUT2D eigenvalue weighted by molar-refractivity contribution is 7.73. The van der Waals surface area contributed by atoms with Crippen LogP contribution in [0.3, 0.4) is 0 Å². The predicted octanol–water partition coefficient (Wildman–Crippen LogP) is 4.11. The second-order valence-electron chi connectivity index (χ2n) is 8.38. The highest BCUT2D eigenvalue weighted by Gasteiger charge is 2.37. The Labute approximate surface area is 199 Å². The highest BCUT2D eigenvalue weighted by Crippen LogP contribution is 2.33. The van der Waals surface area contributed by atoms with Crippen LogP contribution in [0.15, 0.2) is 73.2 Å². The molecule has 174 valence electrons. The minimum absolute atomic E-state index is 0.142. The van der Waals surface area contributed by atoms with Crippen LogP contribution >= 0.6 is 0 Å². The van der Waals surface area contributed by atoms with E-state index in [0.29, 0.717) is 23.2 Å². The summed E-state index contributed by atoms with van der Waals surface area (Å²) in [6.07, 6.45) is 6.11. The molecule has 1 N–H and O–H groups in total. The first kappa shape index (κ1) is 22.0. The van der Waals surface area contributed by atoms with Crippen LogP contribution in [0.2, 0.25) is 0 Å². The molecule has 9 heteroatoms. The maximum atomic E-state index is 12.6. The molecule has 1 aliphatic rings. The lowest BCUT2D eigenvalue weighted by atomic mass is 9.91. The quantitative estimate of drug-likeness (QED) is 0.434. The van der Waals surface area contributed by atoms with E-state index in [-0.39, 0.29) is 12.0 Å². The zero-order valence-electron chi connectivity index (χ0n) is 18.9. The molecule has 0 radical (unpaired) electrons. The lowest BCUT2D eigenvalue weighted by Crippen LogP contribution is -2.56. The smallest absolute Gasteiger partial charge is 0.236 e. The van der Waals surface area contributed by atoms with Gasteiger partial charge in [0, 0.05) is 55.0 Å². The topological polar surface area (TPSA) is 91.4 Å². The van der Waals surface area contributed by atoms with Crippen LogP contribution in [0.25, 0.3) is 11.0 Å². The van der Waals surface area contributed by atoms with E-state index in [1.54, 1.807) is 18.5 Å². The molecule has 1 fully saturated rings. The molecule has 1 aliphatic heterocycles. The number of benzene rings is 1. The number of ether oxygens (including phenoxy) is 1. The normalized spacial score (nSPS) is 18.2. The molecule has 34 heavy (non-hydrogen) atoms. The third kappa shape index (κ3) is 4.10. The van der Waals surface area contributed by atoms with Crippen LogP contribution in [0.1, 0.15) is 13.3 Å². The van der Waals surface area contributed by atoms with Crippen molar-refractivity contribution in [2.45, 2.75) is 19.4 Å². The van der Waals surface area contributed by atoms with Crippen LogP contribution in [0, 0.1) is 5.92 Å². The lowest BCUT2D eigenvalue weighted by molar-refractivity contribution is 0.460. The number of aromatic nitrogens is 3. The van der Waals surface area contributed by atoms with Crippen molar-refractivity contribution >= 4 is 37.7 Å². The van der Waals surface area contributed by atoms with Gasteiger partial charge in [-0.3, -0.25) is 0 Å². The second kappa shape index (κ2) is 9.18. The van der Waals surface area contributed by atoms with Gasteiger partial charge in [0.05, 0.1) is 6.04 Å². The van der Waals surface area contributed by atoms with Crippen LogP contribution < -0.4 is 14.5 Å². The molecule has 0 spiro atoms. The van der Waals surface area contributed by atoms with Gasteiger partial charge in [-0.1, -0.05) is 13.0 Å². The Morgan fingerprint density at radius 1 is 1.06 bits per heavy atom. The summed E-state index contributed by atoms with van der Waals surface area (Å²) in [5.41, 5.74) is 2.52. The maximum Gasteiger partial charge on any atom is 0.236 e. The fourth-order valence-corrected chi connectivity index (χ4v) is 5.59. The van der Waals surface area contributed by atoms with Crippen molar-refractivity contribution in [3.05, 3.63) is 73.2 Å². The number of H-pyrrole nitrogens is 1. The Hall–Kier alpha value is -3.85. The summed E-state index contributed by atoms with van der Waals surface area (Å²) in [4.78, 5) is 16.0. The standard InChI is InChI=1S/C25H25N5O3S/c1-17-12-16-30(18-6-8-19(9-7-18)33-22-5-3-4-13-26-22)25(34(31)32)23(17)29(2)21-11-15-28-24-20(21)10-14-27-24/h3-11,13-15,17,23H,12,16H2,1-2H3,(H,27,28)/t17-,23-/m1/s1. The molecule has 0 saturated carbocycles. The summed E-state index contributed by atoms with van der Waals surface area (Å²) in [6, 6.07) is 16.5. The molecule has 4 heterocycles. The number of piperidine rings is 1. The van der Waals surface area contributed by atoms with Gasteiger partial charge in [0.15, 0.2) is 4.99 Å². The minimum Gasteiger partial charge on any atom is -0.439 e. The molecule has 4 aromatic rings. The van der Waals surface area contributed by atoms with E-state index in [9.17, 15) is 8.42 Å². The molecule has 0 amide bonds. The van der Waals surface area contributed by atoms with Crippen molar-refractivity contribution in [2.24, 2.45) is 5.92 Å². The Morgan fingerprint density at radius 3 is 2.62 bits per heavy atom. The molecular weight excluding hydrogens is 450 g/mol. The van der Waals surface area contributed by atoms with Gasteiger partial charge in [-0.2, -0.15) is 8.42 Å². The number of anilines is 2. The first-order valence-electron chi connectivity index (χ1n) is 11.1. The van der Waals surface area contributed by atoms with Gasteiger partial charge in [0.1, 0.15) is 11.4 Å². The number of hydrogen-bond acceptors (Lipinski definition) is 6. The number of aromatic amines is 1. The Balaban J connectivity index is 1.47. The summed E-state index contributed by atoms with van der Waals surface area (Å²) in [7, 11) is -0.455. The van der Waals surface area contributed by atoms with Crippen LogP contribution in [-0.2, 0) is 10.3 Å². The number of nitrogens with zero attached hydrogens (tertiary/aromatic N) is 4. The number of likely N-dealkylation sites (N-methyl/N-ethyl adjacent to an activating group) is 1. The van der Waals surface area contributed by atoms with E-state index in [2.05, 4.69) is 26.8 Å². The summed E-state index contributed by atoms with van der Waals surface area (Å²) < 4.78 is 31.0. The monoisotopic (exact) mass is 475 g/mol. The third-order valence-corrected chi connectivity index (χ3v) is 7.08. The summed E-state index contributed by atoms with van der Waals surface area (Å²) in [5, 5.41) is 0.960. The van der Waals surface area contributed by atoms with Crippen molar-refractivity contribution in [1.29, 1.82) is 0 Å². The Kier molecular flexibility index (Phi) is 5.93. The molecule has 0 unspecified atom stereocenters. The van der Waals surface area contributed by atoms with E-state index >= 15 is 0 Å². The zero-order chi connectivity index (χ0) is 23.7. The van der Waals surface area contributed by atoms with Gasteiger partial charge >= 0.3 is 0 Å². The highest BCUT2D eigenvalue weighted by atomic mass is 32.2. The lowest BCUT2D eigenvalue weighted by Gasteiger charge is -2.43. The van der Waals surface area contributed by atoms with Gasteiger partial charge in [0.25, 0.3) is 0 Å². The summed E-state index contributed by atoms with van der Waals surface area (Å²) >= 11 is 0. The van der Waals surface area contributed by atoms with Crippen molar-refractivity contribution in [3.8, 4) is 11.6 Å². The van der Waals surface area contributed by atoms with E-state index in [4.69, 9.17) is 4.74 Å². The number of nitrogens with one attached hydrogen (secondary N) is 1. The molecule has 8 nitrogen and oxygen atoms in total. The van der Waals surface area contributed by atoms with Gasteiger partial charge < -0.3 is 19.5 Å². The first-order chi connectivity index (χ1) is 16.5. The second-order valence-corrected chi connectivity index (χ2v) is 9.27. The SMILES string of the molecule is C[C@@H]1CCN(c2ccc(Oc3ccccn3)cc2)C(=S(=O)=O)[C@@H]1N(C)c1ccnc2[nH]ccc12. The number of pyridine rings is 2. The van der Waals surface area contributed by atoms with E-state index < -0.39 is 10.3 Å². The molecule has 1 saturated heterocycles. The van der Waals surface area contributed by atoms with E-state index in [1.165, 1.54) is 0 Å². The van der Waals surface area contributed by atoms with Crippen LogP contribution in [0.4, 0.5) is 11.4 Å². The molecular formula is C25H25N5O3S. The summed E-state index contributed by atoms with van der Waals surface area (Å²) in [5.74, 6) is 1.28. The number of rotatable bonds is 5. The predicted molar refractivity (Wildman–Crippen MR) is 134 cm³/mol. The number of hydrogen-bond donors (Lipinski definition) is 1. The van der Waals surface area contributed by atoms with Gasteiger partial charge in [-0.05, 0) is 54.8 Å². The molecule has 0 bridgehead atoms. The van der Waals surface area contributed by atoms with Crippen molar-refractivity contribution in [3.63, 3.8) is 0 Å². The first-order valence-corrected chi connectivity index (χ1v) is 12.2. The third-order valence-electron chi connectivity index (χ3n) is 6.28. The van der Waals surface area contributed by atoms with Gasteiger partial charge in [0.2, 0.25) is 16.2 Å². The number of fused-ring (bicyclic) bond motifs is 1. The average Bonchev–Trinajstić information content (AvgIpc) is 3.34. The summed E-state index contributed by atoms with van der Waals surface area (Å²) in [6.45, 7) is 2.72. The Bertz CT molecular complexity index is 1430. The fraction of sp³-hybridized carbons (Fsp3) is 0.240. The van der Waals surface area contributed by atoms with Gasteiger partial charge in [-0.25, -0.2) is 9.97 Å². The minimum atomic E-state index is -2.40. The molecule has 5 rings (SSSR count). The molecule has 3 aromatic heterocycles. The fourth-order valence-electron chi connectivity index (χ4n) is 4.62. The van der Waals surface area contributed by atoms with Crippen molar-refractivity contribution < 1.29 is 13.2 Å². The molecule has 0 aliphatic carbocycles. The van der Waals surface area contributed by atoms with Crippen molar-refractivity contribution in [1.82, 2.24) is 15.0 Å². The van der Waals surface area contributed by atoms with Crippen molar-refractivity contribution in [2.75, 3.05) is 23.4 Å². The largest absolute Gasteiger partial charge is 0.439 e. The zero-order valence-corrected chi connectivity index (χ0v) is 19.7. The van der Waals surface area contributed by atoms with Crippen LogP contribution in [0.5, 0.6) is 11.6 Å². The van der Waals surface area contributed by atoms with E-state index in [1.807, 2.05) is 66.7 Å². The van der Waals surface area contributed by atoms with E-state index in [0.717, 1.165) is 28.8 Å². The molecule has 2 atom stereocenters. The average molecular weight is 476 g/mol. The van der Waals surface area contributed by atoms with Crippen LogP contribution in [-0.4, -0.2) is 48.0 Å².